The van der Waals surface area contributed by atoms with Gasteiger partial charge in [-0.15, -0.1) is 0 Å². The van der Waals surface area contributed by atoms with Crippen LogP contribution in [0.4, 0.5) is 22.7 Å². The standard InChI is InChI=1S/C68H66N2/c1-63(2)56-39-44(43-21-19-23-46(37-43)69-60-29-13-11-27-54(60)65(5)33-15-17-35-67(65,69)7)31-32-49(56)52-40-53-58(42-57(52)63)64(3,4)59-41-51(48-25-9-10-26-50(48)62(53)59)45-22-20-24-47(38-45)70-61-30-14-12-28-55(61)66(6)34-16-18-36-68(66,70)8/h9-14,19-32,37-42H,15-18,33-36H2,1-8H3. The molecule has 2 aliphatic heterocycles. The first-order chi connectivity index (χ1) is 33.7. The van der Waals surface area contributed by atoms with Crippen molar-refractivity contribution >= 4 is 33.5 Å². The van der Waals surface area contributed by atoms with E-state index in [1.165, 1.54) is 163 Å². The molecule has 8 aromatic rings. The highest BCUT2D eigenvalue weighted by Crippen LogP contribution is 2.64. The minimum absolute atomic E-state index is 0.0215. The van der Waals surface area contributed by atoms with Gasteiger partial charge in [-0.05, 0) is 183 Å². The van der Waals surface area contributed by atoms with E-state index in [0.29, 0.717) is 0 Å². The molecule has 0 saturated heterocycles. The first-order valence-electron chi connectivity index (χ1n) is 26.6. The highest BCUT2D eigenvalue weighted by molar-refractivity contribution is 6.10. The number of para-hydroxylation sites is 2. The van der Waals surface area contributed by atoms with Crippen LogP contribution in [0, 0.1) is 0 Å². The third kappa shape index (κ3) is 5.25. The van der Waals surface area contributed by atoms with Crippen LogP contribution in [-0.2, 0) is 21.7 Å². The summed E-state index contributed by atoms with van der Waals surface area (Å²) >= 11 is 0. The number of hydrogen-bond acceptors (Lipinski definition) is 2. The zero-order valence-electron chi connectivity index (χ0n) is 42.6. The number of nitrogens with zero attached hydrogens (tertiary/aromatic N) is 2. The monoisotopic (exact) mass is 911 g/mol. The lowest BCUT2D eigenvalue weighted by atomic mass is 9.61. The van der Waals surface area contributed by atoms with Crippen LogP contribution in [0.25, 0.3) is 55.3 Å². The van der Waals surface area contributed by atoms with Crippen LogP contribution in [0.15, 0.2) is 158 Å². The Balaban J connectivity index is 0.860. The van der Waals surface area contributed by atoms with E-state index >= 15 is 0 Å². The van der Waals surface area contributed by atoms with Crippen LogP contribution in [0.5, 0.6) is 0 Å². The molecule has 0 aromatic heterocycles. The summed E-state index contributed by atoms with van der Waals surface area (Å²) in [5, 5.41) is 2.67. The second-order valence-corrected chi connectivity index (χ2v) is 24.3. The average Bonchev–Trinajstić information content (AvgIpc) is 3.92. The van der Waals surface area contributed by atoms with Gasteiger partial charge in [0, 0.05) is 44.4 Å². The van der Waals surface area contributed by atoms with Crippen molar-refractivity contribution in [2.45, 2.75) is 139 Å². The van der Waals surface area contributed by atoms with Crippen LogP contribution in [0.2, 0.25) is 0 Å². The first kappa shape index (κ1) is 42.5. The molecule has 348 valence electrons. The molecule has 2 heterocycles. The Bertz CT molecular complexity index is 3550. The molecular weight excluding hydrogens is 845 g/mol. The van der Waals surface area contributed by atoms with Gasteiger partial charge in [-0.2, -0.15) is 0 Å². The van der Waals surface area contributed by atoms with Gasteiger partial charge in [-0.25, -0.2) is 0 Å². The van der Waals surface area contributed by atoms with Crippen molar-refractivity contribution in [2.24, 2.45) is 0 Å². The molecule has 2 nitrogen and oxygen atoms in total. The Morgan fingerprint density at radius 1 is 0.329 bits per heavy atom. The van der Waals surface area contributed by atoms with Crippen molar-refractivity contribution in [1.29, 1.82) is 0 Å². The van der Waals surface area contributed by atoms with Gasteiger partial charge in [-0.3, -0.25) is 0 Å². The SMILES string of the molecule is CC1(C)c2cc(-c3cccc(N4c5ccccc5C5(C)CCCCC45C)c3)ccc2-c2cc3c(cc21)C(C)(C)c1cc(-c2cccc(N4c5ccccc5C5(C)CCCCC45C)c2)c2ccccc2c1-3. The molecule has 0 spiro atoms. The lowest BCUT2D eigenvalue weighted by Crippen LogP contribution is -2.54. The maximum atomic E-state index is 2.72. The van der Waals surface area contributed by atoms with Crippen molar-refractivity contribution in [2.75, 3.05) is 9.80 Å². The van der Waals surface area contributed by atoms with Gasteiger partial charge in [0.25, 0.3) is 0 Å². The Hall–Kier alpha value is -6.38. The lowest BCUT2D eigenvalue weighted by Gasteiger charge is -2.50. The average molecular weight is 911 g/mol. The van der Waals surface area contributed by atoms with Crippen LogP contribution in [0.1, 0.15) is 140 Å². The quantitative estimate of drug-likeness (QED) is 0.174. The zero-order valence-corrected chi connectivity index (χ0v) is 42.6. The summed E-state index contributed by atoms with van der Waals surface area (Å²) in [6, 6.07) is 61.8. The van der Waals surface area contributed by atoms with Crippen molar-refractivity contribution in [3.63, 3.8) is 0 Å². The summed E-state index contributed by atoms with van der Waals surface area (Å²) < 4.78 is 0. The Morgan fingerprint density at radius 3 is 1.47 bits per heavy atom. The number of hydrogen-bond donors (Lipinski definition) is 0. The van der Waals surface area contributed by atoms with Gasteiger partial charge >= 0.3 is 0 Å². The van der Waals surface area contributed by atoms with E-state index in [9.17, 15) is 0 Å². The summed E-state index contributed by atoms with van der Waals surface area (Å²) in [6.07, 6.45) is 10.0. The van der Waals surface area contributed by atoms with E-state index in [0.717, 1.165) is 0 Å². The van der Waals surface area contributed by atoms with E-state index in [1.807, 2.05) is 0 Å². The summed E-state index contributed by atoms with van der Waals surface area (Å²) in [5.41, 5.74) is 24.9. The predicted octanol–water partition coefficient (Wildman–Crippen LogP) is 18.3. The molecule has 6 aliphatic rings. The molecule has 2 heteroatoms. The lowest BCUT2D eigenvalue weighted by molar-refractivity contribution is 0.195. The van der Waals surface area contributed by atoms with E-state index in [1.54, 1.807) is 0 Å². The van der Waals surface area contributed by atoms with Crippen LogP contribution < -0.4 is 9.80 Å². The van der Waals surface area contributed by atoms with Gasteiger partial charge in [0.2, 0.25) is 0 Å². The molecule has 4 unspecified atom stereocenters. The smallest absolute Gasteiger partial charge is 0.0517 e. The van der Waals surface area contributed by atoms with Gasteiger partial charge in [0.05, 0.1) is 11.1 Å². The minimum atomic E-state index is -0.183. The zero-order chi connectivity index (χ0) is 47.7. The maximum absolute atomic E-state index is 2.72. The van der Waals surface area contributed by atoms with E-state index < -0.39 is 0 Å². The number of fused-ring (bicyclic) bond motifs is 14. The molecule has 14 rings (SSSR count). The first-order valence-corrected chi connectivity index (χ1v) is 26.6. The third-order valence-electron chi connectivity index (χ3n) is 20.4. The summed E-state index contributed by atoms with van der Waals surface area (Å²) in [5.74, 6) is 0. The number of benzene rings is 8. The normalized spacial score (nSPS) is 25.9. The molecular formula is C68H66N2. The van der Waals surface area contributed by atoms with Gasteiger partial charge in [-0.1, -0.05) is 170 Å². The molecule has 0 radical (unpaired) electrons. The molecule has 70 heavy (non-hydrogen) atoms. The van der Waals surface area contributed by atoms with E-state index in [2.05, 4.69) is 223 Å². The molecule has 0 bridgehead atoms. The third-order valence-corrected chi connectivity index (χ3v) is 20.4. The molecule has 0 N–H and O–H groups in total. The molecule has 8 aromatic carbocycles. The highest BCUT2D eigenvalue weighted by Gasteiger charge is 2.59. The van der Waals surface area contributed by atoms with Crippen molar-refractivity contribution < 1.29 is 0 Å². The fraction of sp³-hybridized carbons (Fsp3) is 0.324. The molecule has 4 aliphatic carbocycles. The molecule has 2 saturated carbocycles. The van der Waals surface area contributed by atoms with Crippen LogP contribution in [-0.4, -0.2) is 11.1 Å². The maximum Gasteiger partial charge on any atom is 0.0517 e. The number of anilines is 4. The summed E-state index contributed by atoms with van der Waals surface area (Å²) in [7, 11) is 0. The predicted molar refractivity (Wildman–Crippen MR) is 296 cm³/mol. The van der Waals surface area contributed by atoms with Crippen molar-refractivity contribution in [3.05, 3.63) is 191 Å². The van der Waals surface area contributed by atoms with Gasteiger partial charge < -0.3 is 9.80 Å². The molecule has 2 fully saturated rings. The number of rotatable bonds is 4. The van der Waals surface area contributed by atoms with Crippen LogP contribution >= 0.6 is 0 Å². The molecule has 4 atom stereocenters. The van der Waals surface area contributed by atoms with E-state index in [4.69, 9.17) is 0 Å². The van der Waals surface area contributed by atoms with Gasteiger partial charge in [0.1, 0.15) is 0 Å². The minimum Gasteiger partial charge on any atom is -0.334 e. The summed E-state index contributed by atoms with van der Waals surface area (Å²) in [4.78, 5) is 5.43. The molecule has 0 amide bonds. The largest absolute Gasteiger partial charge is 0.334 e. The van der Waals surface area contributed by atoms with Crippen molar-refractivity contribution in [3.8, 4) is 44.5 Å². The topological polar surface area (TPSA) is 6.48 Å². The second kappa shape index (κ2) is 14.2. The second-order valence-electron chi connectivity index (χ2n) is 24.3. The fourth-order valence-corrected chi connectivity index (χ4v) is 16.1. The van der Waals surface area contributed by atoms with E-state index in [-0.39, 0.29) is 32.7 Å². The Morgan fingerprint density at radius 2 is 0.829 bits per heavy atom. The van der Waals surface area contributed by atoms with Crippen molar-refractivity contribution in [1.82, 2.24) is 0 Å². The Kier molecular flexibility index (Phi) is 8.59. The summed E-state index contributed by atoms with van der Waals surface area (Å²) in [6.45, 7) is 20.0. The fourth-order valence-electron chi connectivity index (χ4n) is 16.1. The highest BCUT2D eigenvalue weighted by atomic mass is 15.3. The van der Waals surface area contributed by atoms with Gasteiger partial charge in [0.15, 0.2) is 0 Å². The Labute approximate surface area is 416 Å². The van der Waals surface area contributed by atoms with Crippen LogP contribution in [0.3, 0.4) is 0 Å².